The van der Waals surface area contributed by atoms with E-state index < -0.39 is 17.8 Å². The predicted molar refractivity (Wildman–Crippen MR) is 65.0 cm³/mol. The van der Waals surface area contributed by atoms with Crippen LogP contribution in [0.1, 0.15) is 10.4 Å². The average Bonchev–Trinajstić information content (AvgIpc) is 2.47. The van der Waals surface area contributed by atoms with Gasteiger partial charge in [-0.15, -0.1) is 0 Å². The van der Waals surface area contributed by atoms with Crippen molar-refractivity contribution in [1.82, 2.24) is 9.88 Å². The van der Waals surface area contributed by atoms with E-state index in [1.54, 1.807) is 0 Å². The molecule has 1 atom stereocenters. The van der Waals surface area contributed by atoms with Crippen LogP contribution in [0, 0.1) is 17.1 Å². The first kappa shape index (κ1) is 13.2. The van der Waals surface area contributed by atoms with Gasteiger partial charge in [-0.1, -0.05) is 0 Å². The molecule has 1 fully saturated rings. The number of aromatic nitrogens is 1. The van der Waals surface area contributed by atoms with Crippen molar-refractivity contribution in [2.24, 2.45) is 0 Å². The van der Waals surface area contributed by atoms with E-state index in [9.17, 15) is 9.18 Å². The minimum Gasteiger partial charge on any atom is -0.371 e. The summed E-state index contributed by atoms with van der Waals surface area (Å²) in [5.41, 5.74) is -0.0575. The Bertz CT molecular complexity index is 529. The summed E-state index contributed by atoms with van der Waals surface area (Å²) in [5.74, 6) is -1.12. The largest absolute Gasteiger partial charge is 0.371 e. The summed E-state index contributed by atoms with van der Waals surface area (Å²) in [4.78, 5) is 17.4. The highest BCUT2D eigenvalue weighted by atomic mass is 19.1. The van der Waals surface area contributed by atoms with Gasteiger partial charge in [0.15, 0.2) is 17.7 Å². The van der Waals surface area contributed by atoms with Crippen LogP contribution in [0.4, 0.5) is 10.2 Å². The van der Waals surface area contributed by atoms with Crippen LogP contribution in [0.2, 0.25) is 0 Å². The fraction of sp³-hybridized carbons (Fsp3) is 0.417. The van der Waals surface area contributed by atoms with Gasteiger partial charge in [0.25, 0.3) is 5.91 Å². The van der Waals surface area contributed by atoms with Gasteiger partial charge in [-0.2, -0.15) is 5.26 Å². The lowest BCUT2D eigenvalue weighted by atomic mass is 10.2. The highest BCUT2D eigenvalue weighted by Crippen LogP contribution is 2.17. The summed E-state index contributed by atoms with van der Waals surface area (Å²) < 4.78 is 19.1. The van der Waals surface area contributed by atoms with Crippen molar-refractivity contribution in [2.75, 3.05) is 32.1 Å². The topological polar surface area (TPSA) is 78.2 Å². The van der Waals surface area contributed by atoms with E-state index in [2.05, 4.69) is 10.3 Å². The molecule has 0 spiro atoms. The molecular formula is C12H13FN4O2. The second-order valence-corrected chi connectivity index (χ2v) is 4.01. The molecule has 1 aliphatic heterocycles. The number of carbonyl (C=O) groups is 1. The Hall–Kier alpha value is -2.20. The van der Waals surface area contributed by atoms with Crippen molar-refractivity contribution in [1.29, 1.82) is 5.26 Å². The lowest BCUT2D eigenvalue weighted by molar-refractivity contribution is 0.00326. The van der Waals surface area contributed by atoms with E-state index in [4.69, 9.17) is 10.00 Å². The van der Waals surface area contributed by atoms with Crippen LogP contribution in [0.25, 0.3) is 0 Å². The van der Waals surface area contributed by atoms with Crippen molar-refractivity contribution in [3.8, 4) is 6.07 Å². The Labute approximate surface area is 109 Å². The van der Waals surface area contributed by atoms with Gasteiger partial charge in [-0.3, -0.25) is 4.79 Å². The molecule has 100 valence electrons. The fourth-order valence-corrected chi connectivity index (χ4v) is 1.87. The molecule has 1 saturated heterocycles. The highest BCUT2D eigenvalue weighted by Gasteiger charge is 2.27. The molecule has 1 unspecified atom stereocenters. The zero-order valence-corrected chi connectivity index (χ0v) is 10.4. The normalized spacial score (nSPS) is 18.8. The Morgan fingerprint density at radius 2 is 2.53 bits per heavy atom. The van der Waals surface area contributed by atoms with Crippen LogP contribution < -0.4 is 5.32 Å². The van der Waals surface area contributed by atoms with Crippen LogP contribution in [-0.2, 0) is 4.74 Å². The second kappa shape index (κ2) is 5.63. The molecule has 7 heteroatoms. The number of ether oxygens (including phenoxy) is 1. The van der Waals surface area contributed by atoms with Crippen molar-refractivity contribution >= 4 is 11.7 Å². The Balaban J connectivity index is 2.22. The predicted octanol–water partition coefficient (Wildman–Crippen LogP) is 0.627. The Morgan fingerprint density at radius 3 is 3.21 bits per heavy atom. The minimum atomic E-state index is -0.685. The number of morpholine rings is 1. The van der Waals surface area contributed by atoms with Crippen LogP contribution in [0.3, 0.4) is 0 Å². The van der Waals surface area contributed by atoms with Crippen LogP contribution >= 0.6 is 0 Å². The van der Waals surface area contributed by atoms with Gasteiger partial charge in [0, 0.05) is 19.8 Å². The van der Waals surface area contributed by atoms with Gasteiger partial charge in [0.05, 0.1) is 24.8 Å². The molecule has 2 rings (SSSR count). The minimum absolute atomic E-state index is 0.0240. The third-order valence-corrected chi connectivity index (χ3v) is 2.85. The third-order valence-electron chi connectivity index (χ3n) is 2.85. The van der Waals surface area contributed by atoms with Gasteiger partial charge < -0.3 is 15.0 Å². The quantitative estimate of drug-likeness (QED) is 0.847. The molecule has 0 aliphatic carbocycles. The highest BCUT2D eigenvalue weighted by molar-refractivity contribution is 5.95. The molecule has 0 bridgehead atoms. The molecule has 0 saturated carbocycles. The SMILES string of the molecule is CNc1nccc(C(=O)N2CCOC(C#N)C2)c1F. The number of halogens is 1. The fourth-order valence-electron chi connectivity index (χ4n) is 1.87. The van der Waals surface area contributed by atoms with E-state index in [1.807, 2.05) is 6.07 Å². The maximum Gasteiger partial charge on any atom is 0.257 e. The number of nitrogens with one attached hydrogen (secondary N) is 1. The van der Waals surface area contributed by atoms with Crippen LogP contribution in [0.15, 0.2) is 12.3 Å². The lowest BCUT2D eigenvalue weighted by Crippen LogP contribution is -2.45. The van der Waals surface area contributed by atoms with Gasteiger partial charge in [-0.05, 0) is 6.07 Å². The number of nitrogens with zero attached hydrogens (tertiary/aromatic N) is 3. The van der Waals surface area contributed by atoms with E-state index in [1.165, 1.54) is 24.2 Å². The van der Waals surface area contributed by atoms with E-state index in [0.29, 0.717) is 6.54 Å². The van der Waals surface area contributed by atoms with Gasteiger partial charge in [0.1, 0.15) is 0 Å². The molecular weight excluding hydrogens is 251 g/mol. The van der Waals surface area contributed by atoms with Crippen molar-refractivity contribution in [3.05, 3.63) is 23.6 Å². The third kappa shape index (κ3) is 2.63. The standard InChI is InChI=1S/C12H13FN4O2/c1-15-11-10(13)9(2-3-16-11)12(18)17-4-5-19-8(6-14)7-17/h2-3,8H,4-5,7H2,1H3,(H,15,16). The first-order valence-electron chi connectivity index (χ1n) is 5.80. The van der Waals surface area contributed by atoms with E-state index >= 15 is 0 Å². The molecule has 2 heterocycles. The maximum atomic E-state index is 14.0. The number of hydrogen-bond donors (Lipinski definition) is 1. The number of anilines is 1. The molecule has 0 radical (unpaired) electrons. The Kier molecular flexibility index (Phi) is 3.92. The molecule has 19 heavy (non-hydrogen) atoms. The lowest BCUT2D eigenvalue weighted by Gasteiger charge is -2.29. The van der Waals surface area contributed by atoms with Crippen LogP contribution in [-0.4, -0.2) is 48.6 Å². The molecule has 1 aromatic rings. The number of rotatable bonds is 2. The van der Waals surface area contributed by atoms with Crippen molar-refractivity contribution in [3.63, 3.8) is 0 Å². The Morgan fingerprint density at radius 1 is 1.74 bits per heavy atom. The van der Waals surface area contributed by atoms with Crippen molar-refractivity contribution in [2.45, 2.75) is 6.10 Å². The number of hydrogen-bond acceptors (Lipinski definition) is 5. The molecule has 1 N–H and O–H groups in total. The first-order chi connectivity index (χ1) is 9.17. The zero-order chi connectivity index (χ0) is 13.8. The first-order valence-corrected chi connectivity index (χ1v) is 5.80. The van der Waals surface area contributed by atoms with Crippen molar-refractivity contribution < 1.29 is 13.9 Å². The van der Waals surface area contributed by atoms with E-state index in [0.717, 1.165) is 0 Å². The maximum absolute atomic E-state index is 14.0. The van der Waals surface area contributed by atoms with Gasteiger partial charge in [0.2, 0.25) is 0 Å². The zero-order valence-electron chi connectivity index (χ0n) is 10.4. The second-order valence-electron chi connectivity index (χ2n) is 4.01. The van der Waals surface area contributed by atoms with Crippen LogP contribution in [0.5, 0.6) is 0 Å². The summed E-state index contributed by atoms with van der Waals surface area (Å²) in [5, 5.41) is 11.4. The summed E-state index contributed by atoms with van der Waals surface area (Å²) in [6.45, 7) is 0.759. The van der Waals surface area contributed by atoms with Gasteiger partial charge in [-0.25, -0.2) is 9.37 Å². The molecule has 1 amide bonds. The molecule has 1 aromatic heterocycles. The molecule has 1 aliphatic rings. The monoisotopic (exact) mass is 264 g/mol. The smallest absolute Gasteiger partial charge is 0.257 e. The number of nitriles is 1. The van der Waals surface area contributed by atoms with Gasteiger partial charge >= 0.3 is 0 Å². The molecule has 6 nitrogen and oxygen atoms in total. The average molecular weight is 264 g/mol. The summed E-state index contributed by atoms with van der Waals surface area (Å²) >= 11 is 0. The summed E-state index contributed by atoms with van der Waals surface area (Å²) in [6, 6.07) is 3.27. The summed E-state index contributed by atoms with van der Waals surface area (Å²) in [6.07, 6.45) is 0.705. The molecule has 0 aromatic carbocycles. The number of amides is 1. The number of pyridine rings is 1. The van der Waals surface area contributed by atoms with E-state index in [-0.39, 0.29) is 24.5 Å². The summed E-state index contributed by atoms with van der Waals surface area (Å²) in [7, 11) is 1.53. The number of carbonyl (C=O) groups excluding carboxylic acids is 1.